The van der Waals surface area contributed by atoms with Gasteiger partial charge in [0.15, 0.2) is 6.10 Å². The van der Waals surface area contributed by atoms with Crippen LogP contribution < -0.4 is 10.5 Å². The van der Waals surface area contributed by atoms with Crippen LogP contribution in [0.2, 0.25) is 0 Å². The fourth-order valence-corrected chi connectivity index (χ4v) is 2.29. The fourth-order valence-electron chi connectivity index (χ4n) is 2.16. The Morgan fingerprint density at radius 2 is 2.10 bits per heavy atom. The lowest BCUT2D eigenvalue weighted by atomic mass is 10.1. The number of thiocarbonyl (C=S) groups is 1. The number of ether oxygens (including phenoxy) is 2. The lowest BCUT2D eigenvalue weighted by Crippen LogP contribution is -2.46. The van der Waals surface area contributed by atoms with E-state index in [0.29, 0.717) is 37.0 Å². The number of carbonyl (C=O) groups excluding carboxylic acids is 1. The van der Waals surface area contributed by atoms with E-state index in [0.717, 1.165) is 11.1 Å². The molecule has 1 aliphatic rings. The second kappa shape index (κ2) is 6.87. The number of hydrogen-bond acceptors (Lipinski definition) is 4. The third-order valence-corrected chi connectivity index (χ3v) is 3.68. The second-order valence-corrected chi connectivity index (χ2v) is 5.48. The second-order valence-electron chi connectivity index (χ2n) is 5.04. The molecule has 1 fully saturated rings. The topological polar surface area (TPSA) is 64.8 Å². The molecule has 114 valence electrons. The van der Waals surface area contributed by atoms with E-state index in [4.69, 9.17) is 27.4 Å². The van der Waals surface area contributed by atoms with Crippen LogP contribution in [0.1, 0.15) is 18.1 Å². The van der Waals surface area contributed by atoms with Crippen molar-refractivity contribution in [3.63, 3.8) is 0 Å². The zero-order valence-electron chi connectivity index (χ0n) is 12.3. The molecule has 1 atom stereocenters. The van der Waals surface area contributed by atoms with E-state index >= 15 is 0 Å². The van der Waals surface area contributed by atoms with Gasteiger partial charge in [-0.3, -0.25) is 4.79 Å². The van der Waals surface area contributed by atoms with Crippen LogP contribution in [0.3, 0.4) is 0 Å². The molecule has 0 spiro atoms. The van der Waals surface area contributed by atoms with Crippen molar-refractivity contribution in [2.75, 3.05) is 26.3 Å². The SMILES string of the molecule is Cc1ccc(C(N)=S)cc1OC(C)C(=O)N1CCOCC1. The van der Waals surface area contributed by atoms with Crippen molar-refractivity contribution < 1.29 is 14.3 Å². The first-order chi connectivity index (χ1) is 9.99. The molecule has 2 N–H and O–H groups in total. The Kier molecular flexibility index (Phi) is 5.14. The molecule has 0 aromatic heterocycles. The molecule has 0 saturated carbocycles. The Bertz CT molecular complexity index is 542. The first-order valence-corrected chi connectivity index (χ1v) is 7.33. The Labute approximate surface area is 130 Å². The Morgan fingerprint density at radius 3 is 2.71 bits per heavy atom. The number of nitrogens with zero attached hydrogens (tertiary/aromatic N) is 1. The van der Waals surface area contributed by atoms with Gasteiger partial charge in [0.1, 0.15) is 10.7 Å². The highest BCUT2D eigenvalue weighted by atomic mass is 32.1. The van der Waals surface area contributed by atoms with Crippen molar-refractivity contribution >= 4 is 23.1 Å². The molecule has 21 heavy (non-hydrogen) atoms. The maximum atomic E-state index is 12.3. The zero-order chi connectivity index (χ0) is 15.4. The first-order valence-electron chi connectivity index (χ1n) is 6.92. The van der Waals surface area contributed by atoms with E-state index < -0.39 is 6.10 Å². The summed E-state index contributed by atoms with van der Waals surface area (Å²) in [6, 6.07) is 5.51. The van der Waals surface area contributed by atoms with Crippen LogP contribution in [0.5, 0.6) is 5.75 Å². The summed E-state index contributed by atoms with van der Waals surface area (Å²) >= 11 is 4.97. The van der Waals surface area contributed by atoms with Gasteiger partial charge in [-0.25, -0.2) is 0 Å². The summed E-state index contributed by atoms with van der Waals surface area (Å²) in [4.78, 5) is 14.4. The van der Waals surface area contributed by atoms with Gasteiger partial charge in [-0.1, -0.05) is 24.4 Å². The van der Waals surface area contributed by atoms with E-state index in [-0.39, 0.29) is 5.91 Å². The number of amides is 1. The largest absolute Gasteiger partial charge is 0.481 e. The lowest BCUT2D eigenvalue weighted by molar-refractivity contribution is -0.142. The number of carbonyl (C=O) groups is 1. The van der Waals surface area contributed by atoms with Crippen LogP contribution >= 0.6 is 12.2 Å². The van der Waals surface area contributed by atoms with Gasteiger partial charge in [0.25, 0.3) is 5.91 Å². The molecule has 5 nitrogen and oxygen atoms in total. The molecule has 0 radical (unpaired) electrons. The van der Waals surface area contributed by atoms with Crippen molar-refractivity contribution in [3.05, 3.63) is 29.3 Å². The monoisotopic (exact) mass is 308 g/mol. The highest BCUT2D eigenvalue weighted by molar-refractivity contribution is 7.80. The van der Waals surface area contributed by atoms with Gasteiger partial charge in [-0.2, -0.15) is 0 Å². The number of benzene rings is 1. The molecule has 1 amide bonds. The minimum atomic E-state index is -0.552. The van der Waals surface area contributed by atoms with Crippen molar-refractivity contribution in [3.8, 4) is 5.75 Å². The minimum Gasteiger partial charge on any atom is -0.481 e. The third-order valence-electron chi connectivity index (χ3n) is 3.45. The normalized spacial score (nSPS) is 16.4. The van der Waals surface area contributed by atoms with E-state index in [9.17, 15) is 4.79 Å². The third kappa shape index (κ3) is 3.92. The summed E-state index contributed by atoms with van der Waals surface area (Å²) in [6.45, 7) is 6.05. The predicted molar refractivity (Wildman–Crippen MR) is 84.6 cm³/mol. The van der Waals surface area contributed by atoms with Crippen molar-refractivity contribution in [1.82, 2.24) is 4.90 Å². The van der Waals surface area contributed by atoms with Gasteiger partial charge in [-0.05, 0) is 25.5 Å². The summed E-state index contributed by atoms with van der Waals surface area (Å²) in [6.07, 6.45) is -0.552. The quantitative estimate of drug-likeness (QED) is 0.848. The van der Waals surface area contributed by atoms with E-state index in [1.165, 1.54) is 0 Å². The standard InChI is InChI=1S/C15H20N2O3S/c1-10-3-4-12(14(16)21)9-13(10)20-11(2)15(18)17-5-7-19-8-6-17/h3-4,9,11H,5-8H2,1-2H3,(H2,16,21). The molecule has 2 rings (SSSR count). The number of rotatable bonds is 4. The lowest BCUT2D eigenvalue weighted by Gasteiger charge is -2.29. The van der Waals surface area contributed by atoms with E-state index in [2.05, 4.69) is 0 Å². The zero-order valence-corrected chi connectivity index (χ0v) is 13.1. The number of aryl methyl sites for hydroxylation is 1. The van der Waals surface area contributed by atoms with Crippen molar-refractivity contribution in [2.24, 2.45) is 5.73 Å². The van der Waals surface area contributed by atoms with Crippen LogP contribution in [-0.4, -0.2) is 48.2 Å². The van der Waals surface area contributed by atoms with Crippen LogP contribution in [0.4, 0.5) is 0 Å². The van der Waals surface area contributed by atoms with Crippen molar-refractivity contribution in [2.45, 2.75) is 20.0 Å². The Morgan fingerprint density at radius 1 is 1.43 bits per heavy atom. The molecular formula is C15H20N2O3S. The van der Waals surface area contributed by atoms with Gasteiger partial charge in [0.2, 0.25) is 0 Å². The molecule has 1 aliphatic heterocycles. The molecule has 0 aliphatic carbocycles. The van der Waals surface area contributed by atoms with Crippen LogP contribution in [0.25, 0.3) is 0 Å². The highest BCUT2D eigenvalue weighted by Crippen LogP contribution is 2.21. The molecule has 1 aromatic carbocycles. The first kappa shape index (κ1) is 15.7. The summed E-state index contributed by atoms with van der Waals surface area (Å²) in [7, 11) is 0. The van der Waals surface area contributed by atoms with Crippen molar-refractivity contribution in [1.29, 1.82) is 0 Å². The van der Waals surface area contributed by atoms with Crippen LogP contribution in [0.15, 0.2) is 18.2 Å². The maximum absolute atomic E-state index is 12.3. The molecule has 1 heterocycles. The van der Waals surface area contributed by atoms with E-state index in [1.54, 1.807) is 17.9 Å². The van der Waals surface area contributed by atoms with Gasteiger partial charge < -0.3 is 20.1 Å². The smallest absolute Gasteiger partial charge is 0.263 e. The highest BCUT2D eigenvalue weighted by Gasteiger charge is 2.24. The average Bonchev–Trinajstić information content (AvgIpc) is 2.49. The number of hydrogen-bond donors (Lipinski definition) is 1. The predicted octanol–water partition coefficient (Wildman–Crippen LogP) is 1.26. The molecule has 1 unspecified atom stereocenters. The molecular weight excluding hydrogens is 288 g/mol. The van der Waals surface area contributed by atoms with Gasteiger partial charge >= 0.3 is 0 Å². The summed E-state index contributed by atoms with van der Waals surface area (Å²) in [5.41, 5.74) is 7.30. The fraction of sp³-hybridized carbons (Fsp3) is 0.467. The molecule has 1 aromatic rings. The van der Waals surface area contributed by atoms with E-state index in [1.807, 2.05) is 19.1 Å². The van der Waals surface area contributed by atoms with Crippen LogP contribution in [-0.2, 0) is 9.53 Å². The molecule has 0 bridgehead atoms. The Balaban J connectivity index is 2.07. The number of nitrogens with two attached hydrogens (primary N) is 1. The molecule has 1 saturated heterocycles. The van der Waals surface area contributed by atoms with Gasteiger partial charge in [-0.15, -0.1) is 0 Å². The maximum Gasteiger partial charge on any atom is 0.263 e. The Hall–Kier alpha value is -1.66. The van der Waals surface area contributed by atoms with Crippen LogP contribution in [0, 0.1) is 6.92 Å². The summed E-state index contributed by atoms with van der Waals surface area (Å²) in [5.74, 6) is 0.604. The summed E-state index contributed by atoms with van der Waals surface area (Å²) in [5, 5.41) is 0. The van der Waals surface area contributed by atoms with Gasteiger partial charge in [0.05, 0.1) is 13.2 Å². The number of morpholine rings is 1. The average molecular weight is 308 g/mol. The minimum absolute atomic E-state index is 0.0292. The van der Waals surface area contributed by atoms with Gasteiger partial charge in [0, 0.05) is 18.7 Å². The molecule has 6 heteroatoms. The summed E-state index contributed by atoms with van der Waals surface area (Å²) < 4.78 is 11.0.